The molecular formula is C13H19NO2S2. The lowest BCUT2D eigenvalue weighted by Gasteiger charge is -2.24. The number of aromatic nitrogens is 1. The zero-order valence-corrected chi connectivity index (χ0v) is 12.4. The largest absolute Gasteiger partial charge is 0.481 e. The number of carboxylic acids is 1. The molecule has 1 aromatic rings. The van der Waals surface area contributed by atoms with Crippen molar-refractivity contribution in [1.29, 1.82) is 0 Å². The fourth-order valence-corrected chi connectivity index (χ4v) is 4.91. The van der Waals surface area contributed by atoms with E-state index in [0.29, 0.717) is 5.25 Å². The van der Waals surface area contributed by atoms with Crippen LogP contribution in [0.5, 0.6) is 0 Å². The van der Waals surface area contributed by atoms with Crippen LogP contribution in [0.25, 0.3) is 0 Å². The normalized spacial score (nSPS) is 24.1. The minimum absolute atomic E-state index is 0.103. The lowest BCUT2D eigenvalue weighted by Crippen LogP contribution is -2.13. The van der Waals surface area contributed by atoms with Crippen LogP contribution in [-0.4, -0.2) is 21.3 Å². The number of nitrogens with zero attached hydrogens (tertiary/aromatic N) is 1. The quantitative estimate of drug-likeness (QED) is 0.915. The second-order valence-electron chi connectivity index (χ2n) is 5.06. The van der Waals surface area contributed by atoms with E-state index in [1.165, 1.54) is 25.7 Å². The lowest BCUT2D eigenvalue weighted by atomic mass is 9.91. The summed E-state index contributed by atoms with van der Waals surface area (Å²) >= 11 is 3.40. The second kappa shape index (κ2) is 6.06. The number of carboxylic acid groups (broad SMARTS) is 1. The van der Waals surface area contributed by atoms with Crippen LogP contribution in [0.2, 0.25) is 0 Å². The number of hydrogen-bond acceptors (Lipinski definition) is 4. The van der Waals surface area contributed by atoms with Crippen LogP contribution in [0.15, 0.2) is 4.34 Å². The van der Waals surface area contributed by atoms with Gasteiger partial charge in [-0.3, -0.25) is 4.79 Å². The molecule has 100 valence electrons. The number of aryl methyl sites for hydroxylation is 1. The molecule has 0 aromatic carbocycles. The Morgan fingerprint density at radius 3 is 2.72 bits per heavy atom. The van der Waals surface area contributed by atoms with Crippen molar-refractivity contribution >= 4 is 29.1 Å². The molecule has 2 rings (SSSR count). The SMILES string of the molecule is Cc1nc(SC2CCC(C)CC2)sc1CC(=O)O. The number of thiazole rings is 1. The van der Waals surface area contributed by atoms with Crippen molar-refractivity contribution in [3.63, 3.8) is 0 Å². The minimum atomic E-state index is -0.773. The molecule has 1 N–H and O–H groups in total. The van der Waals surface area contributed by atoms with E-state index in [4.69, 9.17) is 5.11 Å². The number of hydrogen-bond donors (Lipinski definition) is 1. The van der Waals surface area contributed by atoms with Gasteiger partial charge in [-0.25, -0.2) is 4.98 Å². The van der Waals surface area contributed by atoms with Crippen LogP contribution in [0.3, 0.4) is 0 Å². The Kier molecular flexibility index (Phi) is 4.67. The minimum Gasteiger partial charge on any atom is -0.481 e. The highest BCUT2D eigenvalue weighted by atomic mass is 32.2. The maximum Gasteiger partial charge on any atom is 0.308 e. The number of aliphatic carboxylic acids is 1. The van der Waals surface area contributed by atoms with Crippen molar-refractivity contribution in [2.24, 2.45) is 5.92 Å². The summed E-state index contributed by atoms with van der Waals surface area (Å²) in [5.41, 5.74) is 0.883. The first-order chi connectivity index (χ1) is 8.54. The average Bonchev–Trinajstić information content (AvgIpc) is 2.62. The van der Waals surface area contributed by atoms with Crippen LogP contribution >= 0.6 is 23.1 Å². The molecule has 1 aliphatic carbocycles. The van der Waals surface area contributed by atoms with Crippen molar-refractivity contribution < 1.29 is 9.90 Å². The van der Waals surface area contributed by atoms with Gasteiger partial charge in [0.2, 0.25) is 0 Å². The highest BCUT2D eigenvalue weighted by Gasteiger charge is 2.21. The Morgan fingerprint density at radius 2 is 2.11 bits per heavy atom. The van der Waals surface area contributed by atoms with Crippen molar-refractivity contribution in [3.8, 4) is 0 Å². The third-order valence-electron chi connectivity index (χ3n) is 3.42. The molecule has 0 atom stereocenters. The molecule has 0 bridgehead atoms. The molecule has 0 radical (unpaired) electrons. The molecule has 0 saturated heterocycles. The van der Waals surface area contributed by atoms with E-state index in [0.717, 1.165) is 20.8 Å². The van der Waals surface area contributed by atoms with Crippen molar-refractivity contribution in [2.75, 3.05) is 0 Å². The zero-order valence-electron chi connectivity index (χ0n) is 10.8. The average molecular weight is 285 g/mol. The Balaban J connectivity index is 1.95. The van der Waals surface area contributed by atoms with E-state index >= 15 is 0 Å². The summed E-state index contributed by atoms with van der Waals surface area (Å²) in [6, 6.07) is 0. The number of carbonyl (C=O) groups is 1. The highest BCUT2D eigenvalue weighted by molar-refractivity contribution is 8.01. The zero-order chi connectivity index (χ0) is 13.1. The summed E-state index contributed by atoms with van der Waals surface area (Å²) in [6.45, 7) is 4.22. The molecule has 0 unspecified atom stereocenters. The van der Waals surface area contributed by atoms with Gasteiger partial charge >= 0.3 is 5.97 Å². The molecule has 18 heavy (non-hydrogen) atoms. The van der Waals surface area contributed by atoms with E-state index in [2.05, 4.69) is 11.9 Å². The van der Waals surface area contributed by atoms with Gasteiger partial charge in [-0.1, -0.05) is 18.7 Å². The number of rotatable bonds is 4. The monoisotopic (exact) mass is 285 g/mol. The third-order valence-corrected chi connectivity index (χ3v) is 6.00. The Labute approximate surface area is 116 Å². The van der Waals surface area contributed by atoms with Crippen LogP contribution in [0.4, 0.5) is 0 Å². The predicted molar refractivity (Wildman–Crippen MR) is 75.5 cm³/mol. The van der Waals surface area contributed by atoms with Crippen molar-refractivity contribution in [1.82, 2.24) is 4.98 Å². The first kappa shape index (κ1) is 13.9. The molecule has 0 amide bonds. The molecule has 0 aliphatic heterocycles. The first-order valence-corrected chi connectivity index (χ1v) is 8.09. The van der Waals surface area contributed by atoms with Crippen LogP contribution < -0.4 is 0 Å². The molecule has 0 spiro atoms. The summed E-state index contributed by atoms with van der Waals surface area (Å²) in [7, 11) is 0. The molecule has 5 heteroatoms. The highest BCUT2D eigenvalue weighted by Crippen LogP contribution is 2.38. The standard InChI is InChI=1S/C13H19NO2S2/c1-8-3-5-10(6-4-8)17-13-14-9(2)11(18-13)7-12(15)16/h8,10H,3-7H2,1-2H3,(H,15,16). The predicted octanol–water partition coefficient (Wildman–Crippen LogP) is 3.75. The van der Waals surface area contributed by atoms with Gasteiger partial charge in [0.15, 0.2) is 4.34 Å². The fourth-order valence-electron chi connectivity index (χ4n) is 2.24. The third kappa shape index (κ3) is 3.72. The summed E-state index contributed by atoms with van der Waals surface area (Å²) < 4.78 is 1.04. The van der Waals surface area contributed by atoms with Crippen LogP contribution in [0, 0.1) is 12.8 Å². The van der Waals surface area contributed by atoms with E-state index in [-0.39, 0.29) is 6.42 Å². The molecule has 1 aliphatic rings. The Morgan fingerprint density at radius 1 is 1.44 bits per heavy atom. The van der Waals surface area contributed by atoms with Gasteiger partial charge < -0.3 is 5.11 Å². The summed E-state index contributed by atoms with van der Waals surface area (Å²) in [6.07, 6.45) is 5.25. The van der Waals surface area contributed by atoms with Gasteiger partial charge in [0.25, 0.3) is 0 Å². The smallest absolute Gasteiger partial charge is 0.308 e. The maximum atomic E-state index is 10.7. The van der Waals surface area contributed by atoms with Crippen molar-refractivity contribution in [3.05, 3.63) is 10.6 Å². The van der Waals surface area contributed by atoms with Gasteiger partial charge in [-0.2, -0.15) is 0 Å². The van der Waals surface area contributed by atoms with Gasteiger partial charge in [0.05, 0.1) is 12.1 Å². The van der Waals surface area contributed by atoms with E-state index in [1.54, 1.807) is 11.3 Å². The lowest BCUT2D eigenvalue weighted by molar-refractivity contribution is -0.136. The fraction of sp³-hybridized carbons (Fsp3) is 0.692. The Hall–Kier alpha value is -0.550. The van der Waals surface area contributed by atoms with Gasteiger partial charge in [-0.05, 0) is 38.5 Å². The molecule has 1 saturated carbocycles. The molecular weight excluding hydrogens is 266 g/mol. The molecule has 1 aromatic heterocycles. The maximum absolute atomic E-state index is 10.7. The first-order valence-electron chi connectivity index (χ1n) is 6.39. The Bertz CT molecular complexity index is 423. The summed E-state index contributed by atoms with van der Waals surface area (Å²) in [5, 5.41) is 9.49. The topological polar surface area (TPSA) is 50.2 Å². The van der Waals surface area contributed by atoms with Crippen LogP contribution in [0.1, 0.15) is 43.2 Å². The van der Waals surface area contributed by atoms with Gasteiger partial charge in [0, 0.05) is 10.1 Å². The van der Waals surface area contributed by atoms with E-state index in [9.17, 15) is 4.79 Å². The van der Waals surface area contributed by atoms with E-state index < -0.39 is 5.97 Å². The van der Waals surface area contributed by atoms with Crippen LogP contribution in [-0.2, 0) is 11.2 Å². The van der Waals surface area contributed by atoms with E-state index in [1.807, 2.05) is 18.7 Å². The molecule has 3 nitrogen and oxygen atoms in total. The molecule has 1 heterocycles. The second-order valence-corrected chi connectivity index (χ2v) is 7.69. The van der Waals surface area contributed by atoms with Gasteiger partial charge in [0.1, 0.15) is 0 Å². The molecule has 1 fully saturated rings. The summed E-state index contributed by atoms with van der Waals surface area (Å²) in [5.74, 6) is 0.0900. The summed E-state index contributed by atoms with van der Waals surface area (Å²) in [4.78, 5) is 16.1. The van der Waals surface area contributed by atoms with Crippen molar-refractivity contribution in [2.45, 2.75) is 55.5 Å². The number of thioether (sulfide) groups is 1. The van der Waals surface area contributed by atoms with Gasteiger partial charge in [-0.15, -0.1) is 11.3 Å².